The molecule has 1 spiro atoms. The van der Waals surface area contributed by atoms with Crippen LogP contribution in [-0.2, 0) is 10.2 Å². The van der Waals surface area contributed by atoms with Gasteiger partial charge < -0.3 is 14.5 Å². The van der Waals surface area contributed by atoms with Crippen molar-refractivity contribution in [3.63, 3.8) is 0 Å². The summed E-state index contributed by atoms with van der Waals surface area (Å²) in [6, 6.07) is 9.35. The van der Waals surface area contributed by atoms with E-state index in [2.05, 4.69) is 25.9 Å². The molecular weight excluding hydrogens is 409 g/mol. The Morgan fingerprint density at radius 3 is 2.56 bits per heavy atom. The van der Waals surface area contributed by atoms with Crippen LogP contribution in [0.2, 0.25) is 0 Å². The number of halogens is 1. The van der Waals surface area contributed by atoms with Crippen molar-refractivity contribution in [3.8, 4) is 11.1 Å². The molecule has 1 saturated heterocycles. The highest BCUT2D eigenvalue weighted by Crippen LogP contribution is 2.57. The third kappa shape index (κ3) is 3.14. The fourth-order valence-electron chi connectivity index (χ4n) is 4.72. The Hall–Kier alpha value is -3.39. The number of anilines is 2. The molecule has 162 valence electrons. The molecule has 2 aliphatic heterocycles. The normalized spacial score (nSPS) is 18.7. The zero-order valence-electron chi connectivity index (χ0n) is 17.5. The number of morpholine rings is 1. The number of nitrogens with zero attached hydrogens (tertiary/aromatic N) is 5. The van der Waals surface area contributed by atoms with E-state index in [1.807, 2.05) is 17.0 Å². The molecule has 3 aliphatic rings. The van der Waals surface area contributed by atoms with Gasteiger partial charge in [-0.25, -0.2) is 15.0 Å². The van der Waals surface area contributed by atoms with Gasteiger partial charge in [-0.15, -0.1) is 0 Å². The number of hydrogen-bond donors (Lipinski definition) is 0. The van der Waals surface area contributed by atoms with E-state index in [9.17, 15) is 9.18 Å². The van der Waals surface area contributed by atoms with Gasteiger partial charge >= 0.3 is 0 Å². The summed E-state index contributed by atoms with van der Waals surface area (Å²) < 4.78 is 19.4. The smallest absolute Gasteiger partial charge is 0.254 e. The predicted molar refractivity (Wildman–Crippen MR) is 116 cm³/mol. The predicted octanol–water partition coefficient (Wildman–Crippen LogP) is 3.33. The largest absolute Gasteiger partial charge is 0.378 e. The Morgan fingerprint density at radius 2 is 1.84 bits per heavy atom. The lowest BCUT2D eigenvalue weighted by Crippen LogP contribution is -2.40. The number of carbonyl (C=O) groups excluding carboxylic acids is 1. The second-order valence-corrected chi connectivity index (χ2v) is 8.62. The van der Waals surface area contributed by atoms with Crippen LogP contribution >= 0.6 is 0 Å². The second kappa shape index (κ2) is 7.34. The van der Waals surface area contributed by atoms with Crippen LogP contribution in [0.3, 0.4) is 0 Å². The summed E-state index contributed by atoms with van der Waals surface area (Å²) in [4.78, 5) is 29.7. The number of benzene rings is 1. The van der Waals surface area contributed by atoms with Crippen LogP contribution in [0.15, 0.2) is 48.9 Å². The molecule has 1 saturated carbocycles. The summed E-state index contributed by atoms with van der Waals surface area (Å²) in [6.45, 7) is 3.16. The lowest BCUT2D eigenvalue weighted by atomic mass is 9.97. The first-order valence-electron chi connectivity index (χ1n) is 10.9. The Balaban J connectivity index is 1.33. The maximum Gasteiger partial charge on any atom is 0.254 e. The summed E-state index contributed by atoms with van der Waals surface area (Å²) in [6.07, 6.45) is 6.91. The van der Waals surface area contributed by atoms with Gasteiger partial charge in [0.2, 0.25) is 11.9 Å². The Labute approximate surface area is 184 Å². The van der Waals surface area contributed by atoms with E-state index in [0.29, 0.717) is 48.9 Å². The van der Waals surface area contributed by atoms with Crippen LogP contribution in [0.5, 0.6) is 0 Å². The van der Waals surface area contributed by atoms with E-state index in [-0.39, 0.29) is 11.3 Å². The van der Waals surface area contributed by atoms with E-state index >= 15 is 0 Å². The molecule has 1 aromatic carbocycles. The molecule has 0 unspecified atom stereocenters. The van der Waals surface area contributed by atoms with Crippen LogP contribution in [0, 0.1) is 5.95 Å². The summed E-state index contributed by atoms with van der Waals surface area (Å²) in [5.74, 6) is 0.0359. The van der Waals surface area contributed by atoms with Gasteiger partial charge in [-0.05, 0) is 42.7 Å². The fraction of sp³-hybridized carbons (Fsp3) is 0.333. The Morgan fingerprint density at radius 1 is 1.06 bits per heavy atom. The maximum absolute atomic E-state index is 14.0. The van der Waals surface area contributed by atoms with E-state index in [1.165, 1.54) is 11.8 Å². The Bertz CT molecular complexity index is 1190. The summed E-state index contributed by atoms with van der Waals surface area (Å²) in [5, 5.41) is 0. The van der Waals surface area contributed by atoms with Gasteiger partial charge in [-0.3, -0.25) is 4.79 Å². The molecule has 0 bridgehead atoms. The van der Waals surface area contributed by atoms with Crippen LogP contribution in [0.25, 0.3) is 11.1 Å². The third-order valence-electron chi connectivity index (χ3n) is 6.67. The van der Waals surface area contributed by atoms with Crippen LogP contribution in [0.1, 0.15) is 28.8 Å². The van der Waals surface area contributed by atoms with Gasteiger partial charge in [0, 0.05) is 66.0 Å². The highest BCUT2D eigenvalue weighted by atomic mass is 19.1. The fourth-order valence-corrected chi connectivity index (χ4v) is 4.72. The topological polar surface area (TPSA) is 71.5 Å². The molecule has 1 aliphatic carbocycles. The molecule has 8 heteroatoms. The molecular formula is C24H22FN5O2. The minimum Gasteiger partial charge on any atom is -0.378 e. The number of aromatic nitrogens is 3. The van der Waals surface area contributed by atoms with Gasteiger partial charge in [-0.2, -0.15) is 4.39 Å². The highest BCUT2D eigenvalue weighted by molar-refractivity contribution is 5.96. The summed E-state index contributed by atoms with van der Waals surface area (Å²) >= 11 is 0. The first kappa shape index (κ1) is 19.3. The molecule has 0 N–H and O–H groups in total. The van der Waals surface area contributed by atoms with Crippen molar-refractivity contribution in [3.05, 3.63) is 66.0 Å². The van der Waals surface area contributed by atoms with Crippen molar-refractivity contribution in [1.82, 2.24) is 19.9 Å². The van der Waals surface area contributed by atoms with Gasteiger partial charge in [0.1, 0.15) is 0 Å². The number of rotatable bonds is 3. The van der Waals surface area contributed by atoms with Crippen LogP contribution in [0.4, 0.5) is 16.0 Å². The molecule has 6 rings (SSSR count). The zero-order valence-corrected chi connectivity index (χ0v) is 17.5. The first-order valence-corrected chi connectivity index (χ1v) is 10.9. The number of fused-ring (bicyclic) bond motifs is 2. The van der Waals surface area contributed by atoms with E-state index < -0.39 is 5.95 Å². The molecule has 0 atom stereocenters. The standard InChI is InChI=1S/C24H22FN5O2/c25-21-18(2-1-7-26-21)17-13-27-23(28-14-17)30-15-24(5-6-24)19-4-3-16(12-20(19)30)22(31)29-8-10-32-11-9-29/h1-4,7,12-14H,5-6,8-11,15H2. The van der Waals surface area contributed by atoms with Crippen molar-refractivity contribution in [1.29, 1.82) is 0 Å². The molecule has 1 amide bonds. The van der Waals surface area contributed by atoms with Crippen LogP contribution in [-0.4, -0.2) is 58.6 Å². The third-order valence-corrected chi connectivity index (χ3v) is 6.67. The Kier molecular flexibility index (Phi) is 4.43. The molecule has 32 heavy (non-hydrogen) atoms. The highest BCUT2D eigenvalue weighted by Gasteiger charge is 2.52. The number of ether oxygens (including phenoxy) is 1. The quantitative estimate of drug-likeness (QED) is 0.593. The lowest BCUT2D eigenvalue weighted by Gasteiger charge is -2.27. The minimum absolute atomic E-state index is 0.0242. The van der Waals surface area contributed by atoms with Crippen molar-refractivity contribution in [2.24, 2.45) is 0 Å². The maximum atomic E-state index is 14.0. The second-order valence-electron chi connectivity index (χ2n) is 8.62. The molecule has 2 aromatic heterocycles. The summed E-state index contributed by atoms with van der Waals surface area (Å²) in [7, 11) is 0. The number of carbonyl (C=O) groups is 1. The van der Waals surface area contributed by atoms with Gasteiger partial charge in [0.15, 0.2) is 0 Å². The van der Waals surface area contributed by atoms with E-state index in [4.69, 9.17) is 4.74 Å². The lowest BCUT2D eigenvalue weighted by molar-refractivity contribution is 0.0303. The van der Waals surface area contributed by atoms with E-state index in [1.54, 1.807) is 24.5 Å². The van der Waals surface area contributed by atoms with Crippen molar-refractivity contribution < 1.29 is 13.9 Å². The number of hydrogen-bond acceptors (Lipinski definition) is 6. The van der Waals surface area contributed by atoms with Crippen molar-refractivity contribution >= 4 is 17.5 Å². The first-order chi connectivity index (χ1) is 15.6. The number of amides is 1. The minimum atomic E-state index is -0.543. The van der Waals surface area contributed by atoms with Gasteiger partial charge in [-0.1, -0.05) is 6.07 Å². The van der Waals surface area contributed by atoms with E-state index in [0.717, 1.165) is 25.1 Å². The molecule has 7 nitrogen and oxygen atoms in total. The molecule has 4 heterocycles. The monoisotopic (exact) mass is 431 g/mol. The van der Waals surface area contributed by atoms with Gasteiger partial charge in [0.05, 0.1) is 13.2 Å². The van der Waals surface area contributed by atoms with Crippen molar-refractivity contribution in [2.45, 2.75) is 18.3 Å². The average Bonchev–Trinajstić information content (AvgIpc) is 3.56. The summed E-state index contributed by atoms with van der Waals surface area (Å²) in [5.41, 5.74) is 3.98. The SMILES string of the molecule is O=C(c1ccc2c(c1)N(c1ncc(-c3cccnc3F)cn1)CC21CC1)N1CCOCC1. The average molecular weight is 431 g/mol. The zero-order chi connectivity index (χ0) is 21.7. The van der Waals surface area contributed by atoms with Crippen LogP contribution < -0.4 is 4.90 Å². The van der Waals surface area contributed by atoms with Crippen molar-refractivity contribution in [2.75, 3.05) is 37.7 Å². The molecule has 2 fully saturated rings. The molecule has 3 aromatic rings. The number of pyridine rings is 1. The van der Waals surface area contributed by atoms with Gasteiger partial charge in [0.25, 0.3) is 5.91 Å². The molecule has 0 radical (unpaired) electrons.